The predicted molar refractivity (Wildman–Crippen MR) is 37.9 cm³/mol. The fraction of sp³-hybridized carbons (Fsp3) is 0.857. The number of hydrogen-bond donors (Lipinski definition) is 1. The minimum atomic E-state index is 0.225. The first kappa shape index (κ1) is 7.69. The van der Waals surface area contributed by atoms with Crippen molar-refractivity contribution in [3.63, 3.8) is 0 Å². The minimum Gasteiger partial charge on any atom is -0.379 e. The number of rotatable bonds is 2. The number of carbonyl (C=O) groups excluding carboxylic acids is 1. The average Bonchev–Trinajstić information content (AvgIpc) is 1.88. The van der Waals surface area contributed by atoms with Gasteiger partial charge in [0.1, 0.15) is 5.78 Å². The van der Waals surface area contributed by atoms with Crippen molar-refractivity contribution in [1.82, 2.24) is 5.32 Å². The van der Waals surface area contributed by atoms with Crippen LogP contribution >= 0.6 is 0 Å². The van der Waals surface area contributed by atoms with E-state index in [1.54, 1.807) is 6.92 Å². The van der Waals surface area contributed by atoms with Crippen molar-refractivity contribution in [1.29, 1.82) is 0 Å². The molecule has 1 aliphatic rings. The first-order chi connectivity index (χ1) is 4.79. The molecule has 0 aromatic heterocycles. The summed E-state index contributed by atoms with van der Waals surface area (Å²) in [5.74, 6) is 0.225. The maximum absolute atomic E-state index is 10.6. The third kappa shape index (κ3) is 2.45. The second-order valence-electron chi connectivity index (χ2n) is 2.63. The lowest BCUT2D eigenvalue weighted by Gasteiger charge is -2.22. The Morgan fingerprint density at radius 1 is 1.80 bits per heavy atom. The van der Waals surface area contributed by atoms with Crippen LogP contribution in [0.5, 0.6) is 0 Å². The Balaban J connectivity index is 2.19. The maximum Gasteiger partial charge on any atom is 0.131 e. The second kappa shape index (κ2) is 3.68. The molecule has 1 aliphatic heterocycles. The third-order valence-corrected chi connectivity index (χ3v) is 1.53. The highest BCUT2D eigenvalue weighted by Crippen LogP contribution is 1.97. The van der Waals surface area contributed by atoms with Crippen LogP contribution in [-0.4, -0.2) is 31.6 Å². The van der Waals surface area contributed by atoms with Crippen molar-refractivity contribution < 1.29 is 9.53 Å². The van der Waals surface area contributed by atoms with E-state index in [0.29, 0.717) is 13.0 Å². The molecule has 58 valence electrons. The van der Waals surface area contributed by atoms with E-state index in [1.165, 1.54) is 0 Å². The van der Waals surface area contributed by atoms with Crippen molar-refractivity contribution in [2.75, 3.05) is 19.8 Å². The lowest BCUT2D eigenvalue weighted by molar-refractivity contribution is -0.118. The van der Waals surface area contributed by atoms with Gasteiger partial charge in [-0.3, -0.25) is 4.79 Å². The van der Waals surface area contributed by atoms with E-state index in [4.69, 9.17) is 4.74 Å². The Kier molecular flexibility index (Phi) is 2.83. The zero-order valence-corrected chi connectivity index (χ0v) is 6.22. The topological polar surface area (TPSA) is 38.3 Å². The number of Topliss-reactive ketones (excluding diaryl/α,β-unsaturated/α-hetero) is 1. The van der Waals surface area contributed by atoms with E-state index in [-0.39, 0.29) is 11.8 Å². The van der Waals surface area contributed by atoms with E-state index < -0.39 is 0 Å². The third-order valence-electron chi connectivity index (χ3n) is 1.53. The van der Waals surface area contributed by atoms with Crippen LogP contribution in [0, 0.1) is 0 Å². The van der Waals surface area contributed by atoms with Crippen LogP contribution in [-0.2, 0) is 9.53 Å². The van der Waals surface area contributed by atoms with Gasteiger partial charge in [-0.1, -0.05) is 0 Å². The molecule has 0 aromatic rings. The molecule has 3 nitrogen and oxygen atoms in total. The first-order valence-electron chi connectivity index (χ1n) is 3.59. The van der Waals surface area contributed by atoms with Crippen molar-refractivity contribution in [2.24, 2.45) is 0 Å². The fourth-order valence-electron chi connectivity index (χ4n) is 1.10. The van der Waals surface area contributed by atoms with Gasteiger partial charge >= 0.3 is 0 Å². The van der Waals surface area contributed by atoms with E-state index in [0.717, 1.165) is 13.2 Å². The number of ether oxygens (including phenoxy) is 1. The maximum atomic E-state index is 10.6. The molecule has 0 saturated carbocycles. The summed E-state index contributed by atoms with van der Waals surface area (Å²) in [7, 11) is 0. The van der Waals surface area contributed by atoms with E-state index >= 15 is 0 Å². The Morgan fingerprint density at radius 3 is 3.10 bits per heavy atom. The summed E-state index contributed by atoms with van der Waals surface area (Å²) >= 11 is 0. The van der Waals surface area contributed by atoms with Crippen LogP contribution in [0.25, 0.3) is 0 Å². The molecule has 0 radical (unpaired) electrons. The van der Waals surface area contributed by atoms with Gasteiger partial charge in [0, 0.05) is 19.0 Å². The molecular formula is C7H13NO2. The van der Waals surface area contributed by atoms with E-state index in [1.807, 2.05) is 0 Å². The molecule has 0 amide bonds. The molecule has 1 N–H and O–H groups in total. The van der Waals surface area contributed by atoms with Crippen molar-refractivity contribution in [3.8, 4) is 0 Å². The van der Waals surface area contributed by atoms with Crippen LogP contribution in [0.3, 0.4) is 0 Å². The molecule has 10 heavy (non-hydrogen) atoms. The number of morpholine rings is 1. The van der Waals surface area contributed by atoms with Gasteiger partial charge in [-0.25, -0.2) is 0 Å². The zero-order valence-electron chi connectivity index (χ0n) is 6.22. The highest BCUT2D eigenvalue weighted by Gasteiger charge is 2.13. The standard InChI is InChI=1S/C7H13NO2/c1-6(9)4-7-5-10-3-2-8-7/h7-8H,2-5H2,1H3/t7-/m0/s1. The van der Waals surface area contributed by atoms with Gasteiger partial charge in [0.05, 0.1) is 13.2 Å². The van der Waals surface area contributed by atoms with Gasteiger partial charge in [0.2, 0.25) is 0 Å². The molecule has 3 heteroatoms. The van der Waals surface area contributed by atoms with Crippen LogP contribution in [0.15, 0.2) is 0 Å². The summed E-state index contributed by atoms with van der Waals surface area (Å²) in [6.07, 6.45) is 0.597. The van der Waals surface area contributed by atoms with Gasteiger partial charge in [-0.15, -0.1) is 0 Å². The number of hydrogen-bond acceptors (Lipinski definition) is 3. The number of nitrogens with one attached hydrogen (secondary N) is 1. The summed E-state index contributed by atoms with van der Waals surface area (Å²) in [5, 5.41) is 3.20. The highest BCUT2D eigenvalue weighted by molar-refractivity contribution is 5.76. The van der Waals surface area contributed by atoms with Crippen molar-refractivity contribution >= 4 is 5.78 Å². The van der Waals surface area contributed by atoms with Gasteiger partial charge in [0.15, 0.2) is 0 Å². The van der Waals surface area contributed by atoms with Crippen LogP contribution in [0.2, 0.25) is 0 Å². The molecule has 1 rings (SSSR count). The molecule has 0 unspecified atom stereocenters. The lowest BCUT2D eigenvalue weighted by Crippen LogP contribution is -2.42. The number of carbonyl (C=O) groups is 1. The summed E-state index contributed by atoms with van der Waals surface area (Å²) in [5.41, 5.74) is 0. The van der Waals surface area contributed by atoms with Crippen molar-refractivity contribution in [2.45, 2.75) is 19.4 Å². The Bertz CT molecular complexity index is 119. The molecule has 1 fully saturated rings. The summed E-state index contributed by atoms with van der Waals surface area (Å²) in [6, 6.07) is 0.256. The SMILES string of the molecule is CC(=O)C[C@H]1COCCN1. The van der Waals surface area contributed by atoms with Gasteiger partial charge < -0.3 is 10.1 Å². The van der Waals surface area contributed by atoms with Crippen LogP contribution in [0.1, 0.15) is 13.3 Å². The Morgan fingerprint density at radius 2 is 2.60 bits per heavy atom. The van der Waals surface area contributed by atoms with Crippen molar-refractivity contribution in [3.05, 3.63) is 0 Å². The summed E-state index contributed by atoms with van der Waals surface area (Å²) in [4.78, 5) is 10.6. The lowest BCUT2D eigenvalue weighted by atomic mass is 10.1. The largest absolute Gasteiger partial charge is 0.379 e. The molecular weight excluding hydrogens is 130 g/mol. The van der Waals surface area contributed by atoms with E-state index in [2.05, 4.69) is 5.32 Å². The van der Waals surface area contributed by atoms with Gasteiger partial charge in [-0.05, 0) is 6.92 Å². The Labute approximate surface area is 60.7 Å². The summed E-state index contributed by atoms with van der Waals surface area (Å²) in [6.45, 7) is 3.93. The summed E-state index contributed by atoms with van der Waals surface area (Å²) < 4.78 is 5.17. The highest BCUT2D eigenvalue weighted by atomic mass is 16.5. The first-order valence-corrected chi connectivity index (χ1v) is 3.59. The van der Waals surface area contributed by atoms with Gasteiger partial charge in [0.25, 0.3) is 0 Å². The normalized spacial score (nSPS) is 26.3. The molecule has 1 heterocycles. The fourth-order valence-corrected chi connectivity index (χ4v) is 1.10. The molecule has 0 aliphatic carbocycles. The monoisotopic (exact) mass is 143 g/mol. The minimum absolute atomic E-state index is 0.225. The number of ketones is 1. The quantitative estimate of drug-likeness (QED) is 0.589. The van der Waals surface area contributed by atoms with Gasteiger partial charge in [-0.2, -0.15) is 0 Å². The predicted octanol–water partition coefficient (Wildman–Crippen LogP) is -0.0461. The Hall–Kier alpha value is -0.410. The molecule has 1 atom stereocenters. The molecule has 0 aromatic carbocycles. The molecule has 0 spiro atoms. The van der Waals surface area contributed by atoms with Crippen LogP contribution < -0.4 is 5.32 Å². The zero-order chi connectivity index (χ0) is 7.40. The van der Waals surface area contributed by atoms with E-state index in [9.17, 15) is 4.79 Å². The average molecular weight is 143 g/mol. The van der Waals surface area contributed by atoms with Crippen LogP contribution in [0.4, 0.5) is 0 Å². The molecule has 0 bridgehead atoms. The molecule has 1 saturated heterocycles. The smallest absolute Gasteiger partial charge is 0.131 e. The second-order valence-corrected chi connectivity index (χ2v) is 2.63.